The summed E-state index contributed by atoms with van der Waals surface area (Å²) >= 11 is 0. The quantitative estimate of drug-likeness (QED) is 0.408. The molecule has 0 amide bonds. The van der Waals surface area contributed by atoms with Gasteiger partial charge in [0.15, 0.2) is 0 Å². The van der Waals surface area contributed by atoms with E-state index in [0.717, 1.165) is 12.8 Å². The number of carbonyl (C=O) groups excluding carboxylic acids is 1. The molecule has 0 fully saturated rings. The van der Waals surface area contributed by atoms with Crippen LogP contribution >= 0.6 is 0 Å². The van der Waals surface area contributed by atoms with Crippen molar-refractivity contribution in [1.29, 1.82) is 0 Å². The number of esters is 1. The van der Waals surface area contributed by atoms with E-state index < -0.39 is 0 Å². The van der Waals surface area contributed by atoms with E-state index in [-0.39, 0.29) is 54.9 Å². The Bertz CT molecular complexity index is 115. The Morgan fingerprint density at radius 2 is 1.77 bits per heavy atom. The van der Waals surface area contributed by atoms with Crippen LogP contribution in [0, 0.1) is 0 Å². The second-order valence-electron chi connectivity index (χ2n) is 3.03. The van der Waals surface area contributed by atoms with Gasteiger partial charge in [-0.1, -0.05) is 33.1 Å². The maximum atomic E-state index is 10.9. The summed E-state index contributed by atoms with van der Waals surface area (Å²) in [5, 5.41) is 0. The summed E-state index contributed by atoms with van der Waals surface area (Å²) < 4.78 is 4.99. The van der Waals surface area contributed by atoms with Gasteiger partial charge in [0.1, 0.15) is 0 Å². The van der Waals surface area contributed by atoms with Gasteiger partial charge in [-0.2, -0.15) is 0 Å². The van der Waals surface area contributed by atoms with Crippen molar-refractivity contribution in [2.45, 2.75) is 52.4 Å². The number of rotatable bonds is 7. The first kappa shape index (κ1) is 16.5. The summed E-state index contributed by atoms with van der Waals surface area (Å²) in [6.45, 7) is 4.76. The topological polar surface area (TPSA) is 26.3 Å². The van der Waals surface area contributed by atoms with Crippen LogP contribution in [-0.2, 0) is 9.53 Å². The summed E-state index contributed by atoms with van der Waals surface area (Å²) in [5.41, 5.74) is 0. The minimum atomic E-state index is -0.0472. The van der Waals surface area contributed by atoms with Crippen LogP contribution < -0.4 is 0 Å². The summed E-state index contributed by atoms with van der Waals surface area (Å²) in [4.78, 5) is 10.9. The third kappa shape index (κ3) is 13.0. The molecule has 0 aromatic rings. The number of hydrogen-bond acceptors (Lipinski definition) is 2. The Morgan fingerprint density at radius 3 is 2.31 bits per heavy atom. The first-order valence-electron chi connectivity index (χ1n) is 4.96. The zero-order valence-corrected chi connectivity index (χ0v) is 8.27. The van der Waals surface area contributed by atoms with Gasteiger partial charge in [0, 0.05) is 6.42 Å². The first-order chi connectivity index (χ1) is 5.81. The predicted octanol–water partition coefficient (Wildman–Crippen LogP) is 1.99. The average molecular weight is 312 g/mol. The van der Waals surface area contributed by atoms with Gasteiger partial charge in [-0.15, -0.1) is 0 Å². The molecule has 0 rings (SSSR count). The minimum absolute atomic E-state index is 0. The monoisotopic (exact) mass is 312 g/mol. The molecule has 0 saturated carbocycles. The molecule has 0 aliphatic heterocycles. The fraction of sp³-hybridized carbons (Fsp3) is 0.900. The van der Waals surface area contributed by atoms with Crippen molar-refractivity contribution in [3.05, 3.63) is 0 Å². The van der Waals surface area contributed by atoms with E-state index in [1.165, 1.54) is 19.3 Å². The second-order valence-corrected chi connectivity index (χ2v) is 3.03. The number of unbranched alkanes of at least 4 members (excludes halogenated alkanes) is 3. The zero-order chi connectivity index (χ0) is 9.23. The summed E-state index contributed by atoms with van der Waals surface area (Å²) in [7, 11) is 0. The van der Waals surface area contributed by atoms with Crippen molar-refractivity contribution < 1.29 is 9.53 Å². The SMILES string of the molecule is CCCCCCOC(=O)CCC.[BaH2]. The summed E-state index contributed by atoms with van der Waals surface area (Å²) in [6.07, 6.45) is 6.11. The molecule has 0 aromatic carbocycles. The van der Waals surface area contributed by atoms with Crippen LogP contribution in [0.25, 0.3) is 0 Å². The van der Waals surface area contributed by atoms with Crippen LogP contribution in [-0.4, -0.2) is 61.5 Å². The van der Waals surface area contributed by atoms with Crippen molar-refractivity contribution >= 4 is 54.9 Å². The van der Waals surface area contributed by atoms with Crippen molar-refractivity contribution in [2.75, 3.05) is 6.61 Å². The molecule has 0 radical (unpaired) electrons. The number of hydrogen-bond donors (Lipinski definition) is 0. The third-order valence-electron chi connectivity index (χ3n) is 1.72. The van der Waals surface area contributed by atoms with Gasteiger partial charge in [0.25, 0.3) is 0 Å². The molecule has 0 spiro atoms. The zero-order valence-electron chi connectivity index (χ0n) is 8.27. The molecule has 0 unspecified atom stereocenters. The molecule has 2 nitrogen and oxygen atoms in total. The molecule has 0 atom stereocenters. The second kappa shape index (κ2) is 13.0. The number of ether oxygens (including phenoxy) is 1. The van der Waals surface area contributed by atoms with E-state index >= 15 is 0 Å². The third-order valence-corrected chi connectivity index (χ3v) is 1.72. The molecule has 0 heterocycles. The van der Waals surface area contributed by atoms with Crippen LogP contribution in [0.4, 0.5) is 0 Å². The normalized spacial score (nSPS) is 9.08. The summed E-state index contributed by atoms with van der Waals surface area (Å²) in [6, 6.07) is 0. The molecule has 0 aliphatic rings. The summed E-state index contributed by atoms with van der Waals surface area (Å²) in [5.74, 6) is -0.0472. The van der Waals surface area contributed by atoms with Crippen LogP contribution in [0.3, 0.4) is 0 Å². The Labute approximate surface area is 122 Å². The fourth-order valence-corrected chi connectivity index (χ4v) is 0.991. The van der Waals surface area contributed by atoms with Crippen LogP contribution in [0.5, 0.6) is 0 Å². The van der Waals surface area contributed by atoms with E-state index in [0.29, 0.717) is 13.0 Å². The first-order valence-corrected chi connectivity index (χ1v) is 4.96. The van der Waals surface area contributed by atoms with Crippen molar-refractivity contribution in [2.24, 2.45) is 0 Å². The van der Waals surface area contributed by atoms with Crippen molar-refractivity contribution in [1.82, 2.24) is 0 Å². The van der Waals surface area contributed by atoms with E-state index in [1.54, 1.807) is 0 Å². The average Bonchev–Trinajstić information content (AvgIpc) is 2.05. The molecule has 0 aromatic heterocycles. The number of carbonyl (C=O) groups is 1. The molecular formula is C10H22BaO2. The van der Waals surface area contributed by atoms with Gasteiger partial charge in [-0.3, -0.25) is 4.79 Å². The van der Waals surface area contributed by atoms with Gasteiger partial charge < -0.3 is 4.74 Å². The van der Waals surface area contributed by atoms with Crippen LogP contribution in [0.1, 0.15) is 52.4 Å². The standard InChI is InChI=1S/C10H20O2.Ba.2H/c1-3-5-6-7-9-12-10(11)8-4-2;;;/h3-9H2,1-2H3;;;. The van der Waals surface area contributed by atoms with E-state index in [1.807, 2.05) is 6.92 Å². The van der Waals surface area contributed by atoms with Gasteiger partial charge in [0.05, 0.1) is 6.61 Å². The van der Waals surface area contributed by atoms with E-state index in [4.69, 9.17) is 4.74 Å². The molecule has 76 valence electrons. The van der Waals surface area contributed by atoms with E-state index in [2.05, 4.69) is 6.92 Å². The van der Waals surface area contributed by atoms with E-state index in [9.17, 15) is 4.79 Å². The molecule has 13 heavy (non-hydrogen) atoms. The van der Waals surface area contributed by atoms with Crippen molar-refractivity contribution in [3.63, 3.8) is 0 Å². The van der Waals surface area contributed by atoms with Crippen molar-refractivity contribution in [3.8, 4) is 0 Å². The van der Waals surface area contributed by atoms with Gasteiger partial charge >= 0.3 is 54.9 Å². The Kier molecular flexibility index (Phi) is 16.5. The van der Waals surface area contributed by atoms with Crippen LogP contribution in [0.2, 0.25) is 0 Å². The Morgan fingerprint density at radius 1 is 1.08 bits per heavy atom. The fourth-order valence-electron chi connectivity index (χ4n) is 0.991. The molecular weight excluding hydrogens is 289 g/mol. The molecule has 0 saturated heterocycles. The Balaban J connectivity index is 0. The molecule has 0 bridgehead atoms. The van der Waals surface area contributed by atoms with Gasteiger partial charge in [-0.25, -0.2) is 0 Å². The predicted molar refractivity (Wildman–Crippen MR) is 58.6 cm³/mol. The molecule has 0 N–H and O–H groups in total. The van der Waals surface area contributed by atoms with Gasteiger partial charge in [0.2, 0.25) is 0 Å². The molecule has 3 heteroatoms. The maximum absolute atomic E-state index is 10.9. The Hall–Kier alpha value is 1.04. The van der Waals surface area contributed by atoms with Gasteiger partial charge in [-0.05, 0) is 12.8 Å². The van der Waals surface area contributed by atoms with Crippen LogP contribution in [0.15, 0.2) is 0 Å². The molecule has 0 aliphatic carbocycles.